The second kappa shape index (κ2) is 10.8. The van der Waals surface area contributed by atoms with E-state index >= 15 is 0 Å². The zero-order valence-electron chi connectivity index (χ0n) is 18.6. The molecule has 1 heterocycles. The highest BCUT2D eigenvalue weighted by atomic mass is 79.9. The first-order valence-corrected chi connectivity index (χ1v) is 12.6. The van der Waals surface area contributed by atoms with E-state index in [0.717, 1.165) is 39.2 Å². The number of carbonyl (C=O) groups is 1. The van der Waals surface area contributed by atoms with Crippen molar-refractivity contribution >= 4 is 39.3 Å². The van der Waals surface area contributed by atoms with E-state index in [9.17, 15) is 4.79 Å². The first-order chi connectivity index (χ1) is 16.0. The summed E-state index contributed by atoms with van der Waals surface area (Å²) in [5.41, 5.74) is 5.28. The molecule has 0 atom stereocenters. The molecule has 7 heteroatoms. The van der Waals surface area contributed by atoms with Crippen LogP contribution in [0.4, 0.5) is 5.69 Å². The van der Waals surface area contributed by atoms with Gasteiger partial charge in [-0.1, -0.05) is 77.1 Å². The first kappa shape index (κ1) is 23.3. The smallest absolute Gasteiger partial charge is 0.234 e. The molecule has 0 fully saturated rings. The largest absolute Gasteiger partial charge is 0.325 e. The van der Waals surface area contributed by atoms with Crippen molar-refractivity contribution < 1.29 is 4.79 Å². The molecule has 0 aliphatic carbocycles. The third-order valence-corrected chi connectivity index (χ3v) is 7.10. The summed E-state index contributed by atoms with van der Waals surface area (Å²) >= 11 is 4.87. The molecule has 5 nitrogen and oxygen atoms in total. The van der Waals surface area contributed by atoms with Crippen LogP contribution in [0.1, 0.15) is 29.4 Å². The summed E-state index contributed by atoms with van der Waals surface area (Å²) in [5.74, 6) is 1.00. The first-order valence-electron chi connectivity index (χ1n) is 10.8. The maximum Gasteiger partial charge on any atom is 0.234 e. The molecule has 168 valence electrons. The van der Waals surface area contributed by atoms with Crippen LogP contribution in [0.5, 0.6) is 0 Å². The molecule has 0 unspecified atom stereocenters. The van der Waals surface area contributed by atoms with Crippen LogP contribution in [0.2, 0.25) is 0 Å². The van der Waals surface area contributed by atoms with Crippen molar-refractivity contribution in [2.45, 2.75) is 31.8 Å². The molecule has 4 rings (SSSR count). The third-order valence-electron chi connectivity index (χ3n) is 5.28. The number of amides is 1. The Balaban J connectivity index is 1.55. The molecule has 3 aromatic carbocycles. The molecule has 0 aliphatic heterocycles. The maximum atomic E-state index is 12.6. The Morgan fingerprint density at radius 1 is 1.00 bits per heavy atom. The lowest BCUT2D eigenvalue weighted by molar-refractivity contribution is -0.113. The van der Waals surface area contributed by atoms with Gasteiger partial charge in [0.1, 0.15) is 5.82 Å². The Bertz CT molecular complexity index is 1240. The monoisotopic (exact) mass is 520 g/mol. The molecular weight excluding hydrogens is 496 g/mol. The highest BCUT2D eigenvalue weighted by molar-refractivity contribution is 9.10. The molecule has 0 radical (unpaired) electrons. The minimum atomic E-state index is -0.0813. The zero-order valence-corrected chi connectivity index (χ0v) is 21.0. The normalized spacial score (nSPS) is 10.9. The highest BCUT2D eigenvalue weighted by Gasteiger charge is 2.16. The number of carbonyl (C=O) groups excluding carboxylic acids is 1. The van der Waals surface area contributed by atoms with Crippen LogP contribution in [0.3, 0.4) is 0 Å². The van der Waals surface area contributed by atoms with Crippen molar-refractivity contribution in [3.8, 4) is 5.69 Å². The van der Waals surface area contributed by atoms with E-state index in [2.05, 4.69) is 74.8 Å². The van der Waals surface area contributed by atoms with Crippen molar-refractivity contribution in [3.63, 3.8) is 0 Å². The average Bonchev–Trinajstić information content (AvgIpc) is 3.23. The minimum Gasteiger partial charge on any atom is -0.325 e. The molecule has 0 aliphatic rings. The Hall–Kier alpha value is -2.90. The lowest BCUT2D eigenvalue weighted by Gasteiger charge is -2.11. The van der Waals surface area contributed by atoms with Crippen LogP contribution in [-0.4, -0.2) is 26.4 Å². The number of halogens is 1. The van der Waals surface area contributed by atoms with E-state index in [1.165, 1.54) is 17.3 Å². The number of thioether (sulfide) groups is 1. The van der Waals surface area contributed by atoms with Gasteiger partial charge < -0.3 is 5.32 Å². The van der Waals surface area contributed by atoms with Gasteiger partial charge in [0.05, 0.1) is 5.75 Å². The van der Waals surface area contributed by atoms with Gasteiger partial charge >= 0.3 is 0 Å². The molecule has 0 bridgehead atoms. The Kier molecular flexibility index (Phi) is 7.62. The Morgan fingerprint density at radius 2 is 1.76 bits per heavy atom. The van der Waals surface area contributed by atoms with Crippen LogP contribution >= 0.6 is 27.7 Å². The van der Waals surface area contributed by atoms with Gasteiger partial charge in [-0.2, -0.15) is 0 Å². The number of nitrogens with zero attached hydrogens (tertiary/aromatic N) is 3. The van der Waals surface area contributed by atoms with E-state index in [-0.39, 0.29) is 11.7 Å². The standard InChI is InChI=1S/C26H25BrN4OS/c1-3-19-9-12-22(13-10-19)31-24(16-20-7-5-4-6-8-20)29-30-26(31)33-17-25(32)28-21-11-14-23(27)18(2)15-21/h4-15H,3,16-17H2,1-2H3,(H,28,32). The number of benzene rings is 3. The number of nitrogens with one attached hydrogen (secondary N) is 1. The van der Waals surface area contributed by atoms with Gasteiger partial charge in [0, 0.05) is 22.3 Å². The van der Waals surface area contributed by atoms with E-state index in [1.54, 1.807) is 0 Å². The van der Waals surface area contributed by atoms with Gasteiger partial charge in [0.2, 0.25) is 5.91 Å². The maximum absolute atomic E-state index is 12.6. The van der Waals surface area contributed by atoms with Gasteiger partial charge in [0.15, 0.2) is 5.16 Å². The summed E-state index contributed by atoms with van der Waals surface area (Å²) < 4.78 is 3.07. The SMILES string of the molecule is CCc1ccc(-n2c(Cc3ccccc3)nnc2SCC(=O)Nc2ccc(Br)c(C)c2)cc1. The molecular formula is C26H25BrN4OS. The van der Waals surface area contributed by atoms with E-state index in [1.807, 2.05) is 47.9 Å². The Morgan fingerprint density at radius 3 is 2.45 bits per heavy atom. The van der Waals surface area contributed by atoms with Gasteiger partial charge in [-0.25, -0.2) is 0 Å². The minimum absolute atomic E-state index is 0.0813. The lowest BCUT2D eigenvalue weighted by Crippen LogP contribution is -2.14. The molecule has 0 spiro atoms. The molecule has 1 aromatic heterocycles. The van der Waals surface area contributed by atoms with Crippen molar-refractivity contribution in [2.75, 3.05) is 11.1 Å². The van der Waals surface area contributed by atoms with Gasteiger partial charge in [-0.3, -0.25) is 9.36 Å². The van der Waals surface area contributed by atoms with Gasteiger partial charge in [-0.15, -0.1) is 10.2 Å². The van der Waals surface area contributed by atoms with E-state index in [4.69, 9.17) is 0 Å². The van der Waals surface area contributed by atoms with E-state index in [0.29, 0.717) is 11.6 Å². The number of aryl methyl sites for hydroxylation is 2. The number of hydrogen-bond acceptors (Lipinski definition) is 4. The number of anilines is 1. The van der Waals surface area contributed by atoms with Crippen molar-refractivity contribution in [1.82, 2.24) is 14.8 Å². The average molecular weight is 521 g/mol. The van der Waals surface area contributed by atoms with Gasteiger partial charge in [0.25, 0.3) is 0 Å². The lowest BCUT2D eigenvalue weighted by atomic mass is 10.1. The summed E-state index contributed by atoms with van der Waals surface area (Å²) in [5, 5.41) is 12.6. The van der Waals surface area contributed by atoms with Crippen LogP contribution in [-0.2, 0) is 17.6 Å². The van der Waals surface area contributed by atoms with Crippen LogP contribution in [0, 0.1) is 6.92 Å². The fourth-order valence-corrected chi connectivity index (χ4v) is 4.49. The highest BCUT2D eigenvalue weighted by Crippen LogP contribution is 2.25. The van der Waals surface area contributed by atoms with Crippen LogP contribution < -0.4 is 5.32 Å². The Labute approximate surface area is 206 Å². The molecule has 0 saturated heterocycles. The summed E-state index contributed by atoms with van der Waals surface area (Å²) in [6.45, 7) is 4.14. The summed E-state index contributed by atoms with van der Waals surface area (Å²) in [6, 6.07) is 24.4. The summed E-state index contributed by atoms with van der Waals surface area (Å²) in [4.78, 5) is 12.6. The quantitative estimate of drug-likeness (QED) is 0.280. The molecule has 1 N–H and O–H groups in total. The predicted octanol–water partition coefficient (Wildman–Crippen LogP) is 6.22. The predicted molar refractivity (Wildman–Crippen MR) is 138 cm³/mol. The summed E-state index contributed by atoms with van der Waals surface area (Å²) in [6.07, 6.45) is 1.64. The molecule has 4 aromatic rings. The number of rotatable bonds is 8. The van der Waals surface area contributed by atoms with Crippen molar-refractivity contribution in [3.05, 3.63) is 99.8 Å². The fraction of sp³-hybridized carbons (Fsp3) is 0.192. The van der Waals surface area contributed by atoms with Crippen LogP contribution in [0.25, 0.3) is 5.69 Å². The molecule has 33 heavy (non-hydrogen) atoms. The van der Waals surface area contributed by atoms with Crippen molar-refractivity contribution in [1.29, 1.82) is 0 Å². The number of aromatic nitrogens is 3. The summed E-state index contributed by atoms with van der Waals surface area (Å²) in [7, 11) is 0. The topological polar surface area (TPSA) is 59.8 Å². The fourth-order valence-electron chi connectivity index (χ4n) is 3.48. The van der Waals surface area contributed by atoms with Gasteiger partial charge in [-0.05, 0) is 60.4 Å². The van der Waals surface area contributed by atoms with Crippen LogP contribution in [0.15, 0.2) is 82.4 Å². The number of hydrogen-bond donors (Lipinski definition) is 1. The van der Waals surface area contributed by atoms with Crippen molar-refractivity contribution in [2.24, 2.45) is 0 Å². The molecule has 0 saturated carbocycles. The second-order valence-electron chi connectivity index (χ2n) is 7.72. The third kappa shape index (κ3) is 5.92. The van der Waals surface area contributed by atoms with E-state index < -0.39 is 0 Å². The second-order valence-corrected chi connectivity index (χ2v) is 9.51. The molecule has 1 amide bonds. The zero-order chi connectivity index (χ0) is 23.2.